The molecule has 0 N–H and O–H groups in total. The number of hydrogen-bond acceptors (Lipinski definition) is 2. The molecule has 0 saturated heterocycles. The summed E-state index contributed by atoms with van der Waals surface area (Å²) in [5.41, 5.74) is 0. The predicted molar refractivity (Wildman–Crippen MR) is 105 cm³/mol. The van der Waals surface area contributed by atoms with E-state index in [1.54, 1.807) is 19.1 Å². The van der Waals surface area contributed by atoms with Crippen molar-refractivity contribution in [1.29, 1.82) is 0 Å². The Hall–Kier alpha value is -1.83. The standard InChI is InChI=1S/C22H34O2/c1-3-5-6-7-8-9-10-11-12-13-14-15-16-17-18-19-20-21-22(23)24-4-2/h12-21H,3-11H2,1-2H3/b13-12-,15-14-,17-16-,19-18-,21-20-. The molecule has 0 fully saturated rings. The first-order valence-electron chi connectivity index (χ1n) is 9.31. The van der Waals surface area contributed by atoms with E-state index in [2.05, 4.69) is 19.1 Å². The van der Waals surface area contributed by atoms with Crippen molar-refractivity contribution in [2.75, 3.05) is 6.61 Å². The minimum atomic E-state index is -0.308. The molecule has 0 unspecified atom stereocenters. The summed E-state index contributed by atoms with van der Waals surface area (Å²) in [6, 6.07) is 0. The van der Waals surface area contributed by atoms with Gasteiger partial charge in [0, 0.05) is 6.08 Å². The van der Waals surface area contributed by atoms with Crippen molar-refractivity contribution in [2.45, 2.75) is 65.2 Å². The average Bonchev–Trinajstić information content (AvgIpc) is 2.58. The summed E-state index contributed by atoms with van der Waals surface area (Å²) in [5, 5.41) is 0. The fourth-order valence-electron chi connectivity index (χ4n) is 2.10. The smallest absolute Gasteiger partial charge is 0.330 e. The molecule has 0 rings (SSSR count). The SMILES string of the molecule is CCCCCCCCC\C=C/C=C\C=C/C=C\C=C/C(=O)OCC. The van der Waals surface area contributed by atoms with Crippen LogP contribution in [-0.4, -0.2) is 12.6 Å². The van der Waals surface area contributed by atoms with Gasteiger partial charge >= 0.3 is 5.97 Å². The lowest BCUT2D eigenvalue weighted by atomic mass is 10.1. The van der Waals surface area contributed by atoms with Gasteiger partial charge in [-0.05, 0) is 19.8 Å². The lowest BCUT2D eigenvalue weighted by molar-refractivity contribution is -0.137. The van der Waals surface area contributed by atoms with Crippen molar-refractivity contribution in [3.05, 3.63) is 60.8 Å². The van der Waals surface area contributed by atoms with E-state index in [0.29, 0.717) is 6.61 Å². The minimum absolute atomic E-state index is 0.308. The molecule has 0 amide bonds. The second-order valence-electron chi connectivity index (χ2n) is 5.60. The van der Waals surface area contributed by atoms with Crippen LogP contribution >= 0.6 is 0 Å². The van der Waals surface area contributed by atoms with Crippen molar-refractivity contribution in [3.8, 4) is 0 Å². The fraction of sp³-hybridized carbons (Fsp3) is 0.500. The van der Waals surface area contributed by atoms with Crippen LogP contribution in [0.3, 0.4) is 0 Å². The first kappa shape index (κ1) is 22.2. The van der Waals surface area contributed by atoms with Crippen LogP contribution in [0, 0.1) is 0 Å². The molecular weight excluding hydrogens is 296 g/mol. The summed E-state index contributed by atoms with van der Waals surface area (Å²) >= 11 is 0. The number of unbranched alkanes of at least 4 members (excludes halogenated alkanes) is 7. The molecular formula is C22H34O2. The van der Waals surface area contributed by atoms with Crippen molar-refractivity contribution >= 4 is 5.97 Å². The molecule has 0 spiro atoms. The molecule has 0 aromatic heterocycles. The van der Waals surface area contributed by atoms with Crippen LogP contribution in [0.25, 0.3) is 0 Å². The highest BCUT2D eigenvalue weighted by atomic mass is 16.5. The normalized spacial score (nSPS) is 12.6. The highest BCUT2D eigenvalue weighted by Crippen LogP contribution is 2.08. The highest BCUT2D eigenvalue weighted by Gasteiger charge is 1.89. The Bertz CT molecular complexity index is 425. The summed E-state index contributed by atoms with van der Waals surface area (Å²) in [7, 11) is 0. The number of ether oxygens (including phenoxy) is 1. The van der Waals surface area contributed by atoms with E-state index in [-0.39, 0.29) is 5.97 Å². The summed E-state index contributed by atoms with van der Waals surface area (Å²) in [6.07, 6.45) is 29.7. The zero-order chi connectivity index (χ0) is 17.7. The first-order chi connectivity index (χ1) is 11.8. The Morgan fingerprint density at radius 2 is 1.25 bits per heavy atom. The van der Waals surface area contributed by atoms with Crippen LogP contribution in [0.1, 0.15) is 65.2 Å². The largest absolute Gasteiger partial charge is 0.463 e. The van der Waals surface area contributed by atoms with E-state index in [0.717, 1.165) is 0 Å². The second kappa shape index (κ2) is 19.2. The van der Waals surface area contributed by atoms with E-state index in [1.807, 2.05) is 30.4 Å². The number of esters is 1. The molecule has 0 atom stereocenters. The third-order valence-electron chi connectivity index (χ3n) is 3.41. The molecule has 0 bridgehead atoms. The van der Waals surface area contributed by atoms with Gasteiger partial charge in [-0.3, -0.25) is 0 Å². The maximum atomic E-state index is 11.0. The number of allylic oxidation sites excluding steroid dienone is 9. The van der Waals surface area contributed by atoms with Gasteiger partial charge < -0.3 is 4.74 Å². The number of carbonyl (C=O) groups excluding carboxylic acids is 1. The maximum Gasteiger partial charge on any atom is 0.330 e. The topological polar surface area (TPSA) is 26.3 Å². The highest BCUT2D eigenvalue weighted by molar-refractivity contribution is 5.82. The van der Waals surface area contributed by atoms with Crippen molar-refractivity contribution in [1.82, 2.24) is 0 Å². The van der Waals surface area contributed by atoms with Crippen molar-refractivity contribution in [2.24, 2.45) is 0 Å². The summed E-state index contributed by atoms with van der Waals surface area (Å²) in [5.74, 6) is -0.308. The van der Waals surface area contributed by atoms with Crippen molar-refractivity contribution in [3.63, 3.8) is 0 Å². The van der Waals surface area contributed by atoms with E-state index >= 15 is 0 Å². The third-order valence-corrected chi connectivity index (χ3v) is 3.41. The van der Waals surface area contributed by atoms with Gasteiger partial charge in [-0.2, -0.15) is 0 Å². The van der Waals surface area contributed by atoms with Crippen LogP contribution in [0.2, 0.25) is 0 Å². The van der Waals surface area contributed by atoms with Gasteiger partial charge in [-0.25, -0.2) is 4.79 Å². The molecule has 2 heteroatoms. The molecule has 134 valence electrons. The Morgan fingerprint density at radius 1 is 0.708 bits per heavy atom. The number of hydrogen-bond donors (Lipinski definition) is 0. The monoisotopic (exact) mass is 330 g/mol. The Kier molecular flexibility index (Phi) is 17.8. The summed E-state index contributed by atoms with van der Waals surface area (Å²) in [6.45, 7) is 4.46. The lowest BCUT2D eigenvalue weighted by Gasteiger charge is -1.98. The molecule has 0 aliphatic carbocycles. The van der Waals surface area contributed by atoms with Gasteiger partial charge in [-0.1, -0.05) is 100 Å². The van der Waals surface area contributed by atoms with Crippen LogP contribution in [0.5, 0.6) is 0 Å². The van der Waals surface area contributed by atoms with E-state index in [4.69, 9.17) is 4.74 Å². The number of carbonyl (C=O) groups is 1. The zero-order valence-electron chi connectivity index (χ0n) is 15.5. The maximum absolute atomic E-state index is 11.0. The molecule has 0 aliphatic rings. The number of rotatable bonds is 14. The zero-order valence-corrected chi connectivity index (χ0v) is 15.5. The van der Waals surface area contributed by atoms with Crippen molar-refractivity contribution < 1.29 is 9.53 Å². The Labute approximate surface area is 148 Å². The van der Waals surface area contributed by atoms with E-state index in [1.165, 1.54) is 57.4 Å². The first-order valence-corrected chi connectivity index (χ1v) is 9.31. The molecule has 0 aromatic rings. The van der Waals surface area contributed by atoms with Crippen LogP contribution in [0.15, 0.2) is 60.8 Å². The molecule has 0 heterocycles. The third kappa shape index (κ3) is 18.2. The van der Waals surface area contributed by atoms with Gasteiger partial charge in [0.15, 0.2) is 0 Å². The fourth-order valence-corrected chi connectivity index (χ4v) is 2.10. The van der Waals surface area contributed by atoms with Crippen LogP contribution in [-0.2, 0) is 9.53 Å². The quantitative estimate of drug-likeness (QED) is 0.158. The van der Waals surface area contributed by atoms with Gasteiger partial charge in [0.05, 0.1) is 6.61 Å². The lowest BCUT2D eigenvalue weighted by Crippen LogP contribution is -1.98. The minimum Gasteiger partial charge on any atom is -0.463 e. The summed E-state index contributed by atoms with van der Waals surface area (Å²) in [4.78, 5) is 11.0. The molecule has 24 heavy (non-hydrogen) atoms. The summed E-state index contributed by atoms with van der Waals surface area (Å²) < 4.78 is 4.77. The predicted octanol–water partition coefficient (Wildman–Crippen LogP) is 6.47. The molecule has 0 aromatic carbocycles. The average molecular weight is 331 g/mol. The van der Waals surface area contributed by atoms with Crippen LogP contribution < -0.4 is 0 Å². The second-order valence-corrected chi connectivity index (χ2v) is 5.60. The van der Waals surface area contributed by atoms with Gasteiger partial charge in [0.1, 0.15) is 0 Å². The van der Waals surface area contributed by atoms with Crippen LogP contribution in [0.4, 0.5) is 0 Å². The van der Waals surface area contributed by atoms with E-state index < -0.39 is 0 Å². The van der Waals surface area contributed by atoms with Gasteiger partial charge in [0.25, 0.3) is 0 Å². The molecule has 0 radical (unpaired) electrons. The molecule has 2 nitrogen and oxygen atoms in total. The molecule has 0 saturated carbocycles. The molecule has 0 aliphatic heterocycles. The van der Waals surface area contributed by atoms with E-state index in [9.17, 15) is 4.79 Å². The Morgan fingerprint density at radius 3 is 1.88 bits per heavy atom. The van der Waals surface area contributed by atoms with Gasteiger partial charge in [0.2, 0.25) is 0 Å². The van der Waals surface area contributed by atoms with Gasteiger partial charge in [-0.15, -0.1) is 0 Å². The Balaban J connectivity index is 3.57.